The smallest absolute Gasteiger partial charge is 0.267 e. The Morgan fingerprint density at radius 3 is 2.42 bits per heavy atom. The number of amides is 1. The Balaban J connectivity index is 1.88. The highest BCUT2D eigenvalue weighted by Crippen LogP contribution is 2.30. The van der Waals surface area contributed by atoms with Gasteiger partial charge in [-0.1, -0.05) is 56.3 Å². The van der Waals surface area contributed by atoms with E-state index in [2.05, 4.69) is 54.5 Å². The molecular weight excluding hydrogens is 340 g/mol. The molecule has 0 unspecified atom stereocenters. The molecule has 2 aromatic carbocycles. The Hall–Kier alpha value is -2.46. The van der Waals surface area contributed by atoms with Crippen molar-refractivity contribution >= 4 is 22.9 Å². The zero-order valence-electron chi connectivity index (χ0n) is 15.7. The predicted octanol–water partition coefficient (Wildman–Crippen LogP) is 5.80. The van der Waals surface area contributed by atoms with Gasteiger partial charge in [0.2, 0.25) is 0 Å². The Morgan fingerprint density at radius 2 is 1.77 bits per heavy atom. The lowest BCUT2D eigenvalue weighted by atomic mass is 10.1. The maximum atomic E-state index is 12.9. The van der Waals surface area contributed by atoms with Crippen LogP contribution in [0.1, 0.15) is 45.9 Å². The summed E-state index contributed by atoms with van der Waals surface area (Å²) < 4.78 is 0. The fraction of sp³-hybridized carbons (Fsp3) is 0.273. The number of aromatic nitrogens is 1. The Bertz CT molecular complexity index is 926. The van der Waals surface area contributed by atoms with Crippen molar-refractivity contribution in [3.8, 4) is 10.6 Å². The number of nitrogens with zero attached hydrogens (tertiary/aromatic N) is 1. The molecule has 3 nitrogen and oxygen atoms in total. The number of nitrogens with one attached hydrogen (secondary N) is 1. The van der Waals surface area contributed by atoms with Crippen molar-refractivity contribution in [2.24, 2.45) is 0 Å². The summed E-state index contributed by atoms with van der Waals surface area (Å²) in [6, 6.07) is 14.5. The van der Waals surface area contributed by atoms with E-state index in [-0.39, 0.29) is 5.91 Å². The predicted molar refractivity (Wildman–Crippen MR) is 110 cm³/mol. The molecule has 1 heterocycles. The van der Waals surface area contributed by atoms with Crippen LogP contribution < -0.4 is 5.32 Å². The first-order valence-electron chi connectivity index (χ1n) is 9.00. The molecule has 3 rings (SSSR count). The summed E-state index contributed by atoms with van der Waals surface area (Å²) in [6.45, 7) is 8.16. The lowest BCUT2D eigenvalue weighted by Crippen LogP contribution is -2.14. The third-order valence-electron chi connectivity index (χ3n) is 4.59. The SMILES string of the molecule is CCc1ccc(-c2nc(C)c(C(=O)Nc3c(C)cccc3CC)s2)cc1. The van der Waals surface area contributed by atoms with Crippen LogP contribution in [0.15, 0.2) is 42.5 Å². The van der Waals surface area contributed by atoms with Crippen molar-refractivity contribution in [3.05, 3.63) is 69.7 Å². The molecule has 26 heavy (non-hydrogen) atoms. The van der Waals surface area contributed by atoms with E-state index in [0.717, 1.165) is 45.9 Å². The number of carbonyl (C=O) groups is 1. The number of hydrogen-bond donors (Lipinski definition) is 1. The van der Waals surface area contributed by atoms with Crippen LogP contribution in [0.2, 0.25) is 0 Å². The van der Waals surface area contributed by atoms with Crippen LogP contribution in [-0.2, 0) is 12.8 Å². The van der Waals surface area contributed by atoms with E-state index < -0.39 is 0 Å². The van der Waals surface area contributed by atoms with Crippen LogP contribution in [0.5, 0.6) is 0 Å². The van der Waals surface area contributed by atoms with Gasteiger partial charge in [-0.15, -0.1) is 11.3 Å². The summed E-state index contributed by atoms with van der Waals surface area (Å²) in [4.78, 5) is 18.2. The molecule has 0 atom stereocenters. The van der Waals surface area contributed by atoms with Crippen molar-refractivity contribution in [3.63, 3.8) is 0 Å². The largest absolute Gasteiger partial charge is 0.321 e. The number of thiazole rings is 1. The van der Waals surface area contributed by atoms with Gasteiger partial charge in [0.15, 0.2) is 0 Å². The lowest BCUT2D eigenvalue weighted by Gasteiger charge is -2.12. The monoisotopic (exact) mass is 364 g/mol. The molecule has 0 aliphatic heterocycles. The summed E-state index contributed by atoms with van der Waals surface area (Å²) >= 11 is 1.45. The number of rotatable bonds is 5. The van der Waals surface area contributed by atoms with E-state index in [0.29, 0.717) is 4.88 Å². The molecule has 0 fully saturated rings. The normalized spacial score (nSPS) is 10.8. The molecule has 0 saturated heterocycles. The maximum Gasteiger partial charge on any atom is 0.267 e. The highest BCUT2D eigenvalue weighted by Gasteiger charge is 2.18. The van der Waals surface area contributed by atoms with Gasteiger partial charge >= 0.3 is 0 Å². The second-order valence-corrected chi connectivity index (χ2v) is 7.40. The molecule has 134 valence electrons. The van der Waals surface area contributed by atoms with Gasteiger partial charge in [0, 0.05) is 11.3 Å². The number of anilines is 1. The van der Waals surface area contributed by atoms with E-state index in [4.69, 9.17) is 0 Å². The van der Waals surface area contributed by atoms with Crippen LogP contribution >= 0.6 is 11.3 Å². The molecular formula is C22H24N2OS. The Kier molecular flexibility index (Phi) is 5.52. The molecule has 0 saturated carbocycles. The number of para-hydroxylation sites is 1. The van der Waals surface area contributed by atoms with E-state index in [1.807, 2.05) is 26.0 Å². The first kappa shape index (κ1) is 18.3. The van der Waals surface area contributed by atoms with Crippen LogP contribution in [-0.4, -0.2) is 10.9 Å². The highest BCUT2D eigenvalue weighted by molar-refractivity contribution is 7.17. The van der Waals surface area contributed by atoms with Crippen molar-refractivity contribution in [1.82, 2.24) is 4.98 Å². The van der Waals surface area contributed by atoms with E-state index in [1.54, 1.807) is 0 Å². The molecule has 0 aliphatic carbocycles. The molecule has 0 radical (unpaired) electrons. The summed E-state index contributed by atoms with van der Waals surface area (Å²) in [5.41, 5.74) is 6.27. The van der Waals surface area contributed by atoms with Gasteiger partial charge < -0.3 is 5.32 Å². The third-order valence-corrected chi connectivity index (χ3v) is 5.80. The van der Waals surface area contributed by atoms with Gasteiger partial charge in [-0.3, -0.25) is 4.79 Å². The fourth-order valence-electron chi connectivity index (χ4n) is 2.99. The summed E-state index contributed by atoms with van der Waals surface area (Å²) in [6.07, 6.45) is 1.90. The summed E-state index contributed by atoms with van der Waals surface area (Å²) in [7, 11) is 0. The maximum absolute atomic E-state index is 12.9. The van der Waals surface area contributed by atoms with Gasteiger partial charge in [-0.25, -0.2) is 4.98 Å². The topological polar surface area (TPSA) is 42.0 Å². The Labute approximate surface area is 159 Å². The molecule has 1 N–H and O–H groups in total. The first-order chi connectivity index (χ1) is 12.5. The zero-order chi connectivity index (χ0) is 18.7. The minimum Gasteiger partial charge on any atom is -0.321 e. The van der Waals surface area contributed by atoms with E-state index in [1.165, 1.54) is 16.9 Å². The van der Waals surface area contributed by atoms with Crippen molar-refractivity contribution in [1.29, 1.82) is 0 Å². The molecule has 0 bridgehead atoms. The second-order valence-electron chi connectivity index (χ2n) is 6.40. The number of aryl methyl sites for hydroxylation is 4. The standard InChI is InChI=1S/C22H24N2OS/c1-5-16-10-12-18(13-11-16)22-23-15(4)20(26-22)21(25)24-19-14(3)8-7-9-17(19)6-2/h7-13H,5-6H2,1-4H3,(H,24,25). The van der Waals surface area contributed by atoms with Gasteiger partial charge in [0.05, 0.1) is 5.69 Å². The van der Waals surface area contributed by atoms with Crippen LogP contribution in [0.3, 0.4) is 0 Å². The quantitative estimate of drug-likeness (QED) is 0.621. The molecule has 0 spiro atoms. The molecule has 1 aromatic heterocycles. The first-order valence-corrected chi connectivity index (χ1v) is 9.81. The number of benzene rings is 2. The third kappa shape index (κ3) is 3.70. The van der Waals surface area contributed by atoms with Crippen LogP contribution in [0.25, 0.3) is 10.6 Å². The minimum absolute atomic E-state index is 0.0829. The molecule has 4 heteroatoms. The van der Waals surface area contributed by atoms with Crippen molar-refractivity contribution in [2.75, 3.05) is 5.32 Å². The number of hydrogen-bond acceptors (Lipinski definition) is 3. The average molecular weight is 365 g/mol. The van der Waals surface area contributed by atoms with E-state index >= 15 is 0 Å². The number of carbonyl (C=O) groups excluding carboxylic acids is 1. The van der Waals surface area contributed by atoms with Crippen LogP contribution in [0.4, 0.5) is 5.69 Å². The minimum atomic E-state index is -0.0829. The molecule has 0 aliphatic rings. The van der Waals surface area contributed by atoms with Gasteiger partial charge in [0.1, 0.15) is 9.88 Å². The van der Waals surface area contributed by atoms with Crippen LogP contribution in [0, 0.1) is 13.8 Å². The summed E-state index contributed by atoms with van der Waals surface area (Å²) in [5.74, 6) is -0.0829. The van der Waals surface area contributed by atoms with Crippen molar-refractivity contribution < 1.29 is 4.79 Å². The summed E-state index contributed by atoms with van der Waals surface area (Å²) in [5, 5.41) is 3.99. The van der Waals surface area contributed by atoms with Crippen molar-refractivity contribution in [2.45, 2.75) is 40.5 Å². The Morgan fingerprint density at radius 1 is 1.04 bits per heavy atom. The highest BCUT2D eigenvalue weighted by atomic mass is 32.1. The fourth-order valence-corrected chi connectivity index (χ4v) is 3.95. The van der Waals surface area contributed by atoms with Gasteiger partial charge in [-0.05, 0) is 43.4 Å². The van der Waals surface area contributed by atoms with Gasteiger partial charge in [0.25, 0.3) is 5.91 Å². The van der Waals surface area contributed by atoms with Gasteiger partial charge in [-0.2, -0.15) is 0 Å². The zero-order valence-corrected chi connectivity index (χ0v) is 16.5. The lowest BCUT2D eigenvalue weighted by molar-refractivity contribution is 0.102. The molecule has 1 amide bonds. The molecule has 3 aromatic rings. The second kappa shape index (κ2) is 7.83. The average Bonchev–Trinajstić information content (AvgIpc) is 3.05. The van der Waals surface area contributed by atoms with E-state index in [9.17, 15) is 4.79 Å².